The number of rotatable bonds is 7. The van der Waals surface area contributed by atoms with Gasteiger partial charge in [-0.3, -0.25) is 0 Å². The number of unbranched alkanes of at least 4 members (excludes halogenated alkanes) is 1. The fourth-order valence-electron chi connectivity index (χ4n) is 2.46. The summed E-state index contributed by atoms with van der Waals surface area (Å²) in [6.45, 7) is 5.59. The molecule has 6 heteroatoms. The van der Waals surface area contributed by atoms with E-state index in [-0.39, 0.29) is 0 Å². The molecular formula is C23H32O6. The Balaban J connectivity index is 0.000000408. The molecule has 0 spiro atoms. The quantitative estimate of drug-likeness (QED) is 0.541. The lowest BCUT2D eigenvalue weighted by Gasteiger charge is -2.24. The zero-order valence-electron chi connectivity index (χ0n) is 17.3. The second kappa shape index (κ2) is 14.3. The van der Waals surface area contributed by atoms with Gasteiger partial charge in [-0.15, -0.1) is 0 Å². The van der Waals surface area contributed by atoms with Crippen LogP contribution in [0.15, 0.2) is 60.7 Å². The van der Waals surface area contributed by atoms with Gasteiger partial charge in [0.2, 0.25) is 0 Å². The molecule has 0 bridgehead atoms. The first kappa shape index (κ1) is 26.3. The Hall–Kier alpha value is -2.70. The minimum atomic E-state index is -0.879. The Kier molecular flexibility index (Phi) is 13.0. The molecule has 0 heterocycles. The molecule has 29 heavy (non-hydrogen) atoms. The Morgan fingerprint density at radius 1 is 0.897 bits per heavy atom. The molecule has 160 valence electrons. The first-order valence-corrected chi connectivity index (χ1v) is 9.56. The number of aromatic carboxylic acids is 2. The number of benzene rings is 2. The summed E-state index contributed by atoms with van der Waals surface area (Å²) in [5.74, 6) is -1.76. The van der Waals surface area contributed by atoms with Gasteiger partial charge >= 0.3 is 11.9 Å². The number of hydrogen-bond acceptors (Lipinski definition) is 4. The van der Waals surface area contributed by atoms with E-state index >= 15 is 0 Å². The summed E-state index contributed by atoms with van der Waals surface area (Å²) >= 11 is 0. The van der Waals surface area contributed by atoms with Crippen molar-refractivity contribution in [1.29, 1.82) is 0 Å². The van der Waals surface area contributed by atoms with Gasteiger partial charge in [-0.1, -0.05) is 56.2 Å². The maximum atomic E-state index is 10.2. The molecule has 4 N–H and O–H groups in total. The highest BCUT2D eigenvalue weighted by Crippen LogP contribution is 2.19. The van der Waals surface area contributed by atoms with E-state index in [1.807, 2.05) is 0 Å². The molecular weight excluding hydrogens is 372 g/mol. The average Bonchev–Trinajstić information content (AvgIpc) is 2.68. The van der Waals surface area contributed by atoms with E-state index in [4.69, 9.17) is 15.3 Å². The SMILES string of the molecule is CCCCC(C)(O)CC(C)O.O=C(O)c1ccccc1.O=C(O)c1ccccc1. The van der Waals surface area contributed by atoms with Crippen molar-refractivity contribution in [3.05, 3.63) is 71.8 Å². The third kappa shape index (κ3) is 14.0. The van der Waals surface area contributed by atoms with E-state index in [9.17, 15) is 14.7 Å². The van der Waals surface area contributed by atoms with Gasteiger partial charge in [-0.05, 0) is 44.5 Å². The minimum absolute atomic E-state index is 0.331. The van der Waals surface area contributed by atoms with Crippen LogP contribution in [0, 0.1) is 0 Å². The summed E-state index contributed by atoms with van der Waals surface area (Å²) in [6, 6.07) is 16.6. The second-order valence-electron chi connectivity index (χ2n) is 7.00. The fraction of sp³-hybridized carbons (Fsp3) is 0.391. The number of carboxylic acids is 2. The molecule has 0 radical (unpaired) electrons. The highest BCUT2D eigenvalue weighted by molar-refractivity contribution is 5.87. The summed E-state index contributed by atoms with van der Waals surface area (Å²) in [5, 5.41) is 35.5. The van der Waals surface area contributed by atoms with Gasteiger partial charge in [-0.2, -0.15) is 0 Å². The van der Waals surface area contributed by atoms with Crippen molar-refractivity contribution < 1.29 is 30.0 Å². The number of hydrogen-bond donors (Lipinski definition) is 4. The lowest BCUT2D eigenvalue weighted by atomic mass is 9.93. The van der Waals surface area contributed by atoms with E-state index < -0.39 is 23.6 Å². The van der Waals surface area contributed by atoms with E-state index in [2.05, 4.69) is 6.92 Å². The van der Waals surface area contributed by atoms with Crippen LogP contribution < -0.4 is 0 Å². The van der Waals surface area contributed by atoms with E-state index in [0.717, 1.165) is 19.3 Å². The molecule has 0 aliphatic carbocycles. The molecule has 0 aliphatic rings. The third-order valence-corrected chi connectivity index (χ3v) is 3.85. The van der Waals surface area contributed by atoms with Crippen LogP contribution in [0.3, 0.4) is 0 Å². The van der Waals surface area contributed by atoms with Gasteiger partial charge in [0, 0.05) is 6.42 Å². The molecule has 2 unspecified atom stereocenters. The molecule has 2 rings (SSSR count). The average molecular weight is 405 g/mol. The standard InChI is InChI=1S/C9H20O2.2C7H6O2/c1-4-5-6-9(3,11)7-8(2)10;2*8-7(9)6-4-2-1-3-5-6/h8,10-11H,4-7H2,1-3H3;2*1-5H,(H,8,9). The minimum Gasteiger partial charge on any atom is -0.478 e. The topological polar surface area (TPSA) is 115 Å². The highest BCUT2D eigenvalue weighted by atomic mass is 16.4. The van der Waals surface area contributed by atoms with Gasteiger partial charge in [0.05, 0.1) is 22.8 Å². The van der Waals surface area contributed by atoms with Crippen LogP contribution in [-0.2, 0) is 0 Å². The molecule has 0 aromatic heterocycles. The van der Waals surface area contributed by atoms with Crippen molar-refractivity contribution in [1.82, 2.24) is 0 Å². The largest absolute Gasteiger partial charge is 0.478 e. The van der Waals surface area contributed by atoms with Gasteiger partial charge in [0.15, 0.2) is 0 Å². The van der Waals surface area contributed by atoms with Gasteiger partial charge < -0.3 is 20.4 Å². The lowest BCUT2D eigenvalue weighted by Crippen LogP contribution is -2.28. The predicted molar refractivity (Wildman–Crippen MR) is 113 cm³/mol. The smallest absolute Gasteiger partial charge is 0.335 e. The number of aliphatic hydroxyl groups is 2. The number of carboxylic acid groups (broad SMARTS) is 2. The Morgan fingerprint density at radius 3 is 1.52 bits per heavy atom. The summed E-state index contributed by atoms with van der Waals surface area (Å²) in [7, 11) is 0. The molecule has 0 saturated heterocycles. The van der Waals surface area contributed by atoms with E-state index in [1.165, 1.54) is 0 Å². The van der Waals surface area contributed by atoms with Gasteiger partial charge in [0.25, 0.3) is 0 Å². The van der Waals surface area contributed by atoms with Crippen LogP contribution in [0.25, 0.3) is 0 Å². The van der Waals surface area contributed by atoms with Crippen molar-refractivity contribution in [2.75, 3.05) is 0 Å². The molecule has 6 nitrogen and oxygen atoms in total. The van der Waals surface area contributed by atoms with E-state index in [0.29, 0.717) is 17.5 Å². The maximum Gasteiger partial charge on any atom is 0.335 e. The summed E-state index contributed by atoms with van der Waals surface area (Å²) in [5.41, 5.74) is -0.0144. The molecule has 0 fully saturated rings. The zero-order chi connectivity index (χ0) is 22.3. The Bertz CT molecular complexity index is 646. The molecule has 0 aliphatic heterocycles. The maximum absolute atomic E-state index is 10.2. The summed E-state index contributed by atoms with van der Waals surface area (Å²) in [6.07, 6.45) is 2.98. The van der Waals surface area contributed by atoms with Crippen molar-refractivity contribution >= 4 is 11.9 Å². The first-order chi connectivity index (χ1) is 13.6. The number of aliphatic hydroxyl groups excluding tert-OH is 1. The third-order valence-electron chi connectivity index (χ3n) is 3.85. The molecule has 0 amide bonds. The van der Waals surface area contributed by atoms with Gasteiger partial charge in [-0.25, -0.2) is 9.59 Å². The van der Waals surface area contributed by atoms with Crippen molar-refractivity contribution in [3.8, 4) is 0 Å². The Morgan fingerprint density at radius 2 is 1.28 bits per heavy atom. The molecule has 2 aromatic rings. The zero-order valence-corrected chi connectivity index (χ0v) is 17.3. The van der Waals surface area contributed by atoms with Crippen LogP contribution in [0.1, 0.15) is 67.2 Å². The lowest BCUT2D eigenvalue weighted by molar-refractivity contribution is 0.00120. The summed E-state index contributed by atoms with van der Waals surface area (Å²) in [4.78, 5) is 20.4. The summed E-state index contributed by atoms with van der Waals surface area (Å²) < 4.78 is 0. The van der Waals surface area contributed by atoms with Crippen molar-refractivity contribution in [2.24, 2.45) is 0 Å². The van der Waals surface area contributed by atoms with Crippen LogP contribution >= 0.6 is 0 Å². The number of carbonyl (C=O) groups is 2. The molecule has 0 saturated carbocycles. The predicted octanol–water partition coefficient (Wildman–Crippen LogP) is 4.47. The van der Waals surface area contributed by atoms with Crippen molar-refractivity contribution in [3.63, 3.8) is 0 Å². The van der Waals surface area contributed by atoms with Crippen LogP contribution in [0.5, 0.6) is 0 Å². The van der Waals surface area contributed by atoms with Crippen LogP contribution in [0.4, 0.5) is 0 Å². The van der Waals surface area contributed by atoms with Crippen LogP contribution in [0.2, 0.25) is 0 Å². The monoisotopic (exact) mass is 404 g/mol. The van der Waals surface area contributed by atoms with E-state index in [1.54, 1.807) is 74.5 Å². The first-order valence-electron chi connectivity index (χ1n) is 9.56. The molecule has 2 atom stereocenters. The van der Waals surface area contributed by atoms with Gasteiger partial charge in [0.1, 0.15) is 0 Å². The van der Waals surface area contributed by atoms with Crippen molar-refractivity contribution in [2.45, 2.75) is 58.2 Å². The fourth-order valence-corrected chi connectivity index (χ4v) is 2.46. The van der Waals surface area contributed by atoms with Crippen LogP contribution in [-0.4, -0.2) is 44.1 Å². The normalized spacial score (nSPS) is 12.9. The molecule has 2 aromatic carbocycles. The second-order valence-corrected chi connectivity index (χ2v) is 7.00. The highest BCUT2D eigenvalue weighted by Gasteiger charge is 2.21. The Labute approximate surface area is 172 Å².